The van der Waals surface area contributed by atoms with Gasteiger partial charge in [-0.05, 0) is 45.1 Å². The summed E-state index contributed by atoms with van der Waals surface area (Å²) in [6, 6.07) is 0.714. The van der Waals surface area contributed by atoms with Gasteiger partial charge in [0, 0.05) is 6.04 Å². The van der Waals surface area contributed by atoms with E-state index in [1.165, 1.54) is 51.5 Å². The van der Waals surface area contributed by atoms with Crippen LogP contribution in [0, 0.1) is 5.92 Å². The van der Waals surface area contributed by atoms with Gasteiger partial charge in [0.15, 0.2) is 0 Å². The van der Waals surface area contributed by atoms with E-state index in [2.05, 4.69) is 17.6 Å². The highest BCUT2D eigenvalue weighted by atomic mass is 15.1. The average molecular weight is 196 g/mol. The summed E-state index contributed by atoms with van der Waals surface area (Å²) in [5.74, 6) is 0.936. The van der Waals surface area contributed by atoms with E-state index in [1.807, 2.05) is 0 Å². The SMILES string of the molecule is CC(NC1CCCN1)C1CCCCC1. The molecule has 2 unspecified atom stereocenters. The van der Waals surface area contributed by atoms with Crippen molar-refractivity contribution in [2.75, 3.05) is 6.54 Å². The maximum Gasteiger partial charge on any atom is 0.0574 e. The van der Waals surface area contributed by atoms with Gasteiger partial charge in [0.1, 0.15) is 0 Å². The Kier molecular flexibility index (Phi) is 3.82. The molecule has 2 heteroatoms. The minimum Gasteiger partial charge on any atom is -0.302 e. The van der Waals surface area contributed by atoms with E-state index in [0.717, 1.165) is 5.92 Å². The Hall–Kier alpha value is -0.0800. The fourth-order valence-electron chi connectivity index (χ4n) is 2.91. The zero-order valence-corrected chi connectivity index (χ0v) is 9.39. The van der Waals surface area contributed by atoms with Crippen molar-refractivity contribution in [1.82, 2.24) is 10.6 Å². The topological polar surface area (TPSA) is 24.1 Å². The third-order valence-electron chi connectivity index (χ3n) is 3.88. The van der Waals surface area contributed by atoms with Crippen LogP contribution >= 0.6 is 0 Å². The van der Waals surface area contributed by atoms with Crippen LogP contribution in [0.25, 0.3) is 0 Å². The quantitative estimate of drug-likeness (QED) is 0.723. The van der Waals surface area contributed by atoms with Crippen LogP contribution in [-0.4, -0.2) is 18.8 Å². The predicted molar refractivity (Wildman–Crippen MR) is 60.2 cm³/mol. The van der Waals surface area contributed by atoms with Gasteiger partial charge in [-0.15, -0.1) is 0 Å². The van der Waals surface area contributed by atoms with Crippen molar-refractivity contribution in [2.24, 2.45) is 5.92 Å². The Morgan fingerprint density at radius 1 is 1.07 bits per heavy atom. The fourth-order valence-corrected chi connectivity index (χ4v) is 2.91. The van der Waals surface area contributed by atoms with Crippen molar-refractivity contribution >= 4 is 0 Å². The summed E-state index contributed by atoms with van der Waals surface area (Å²) in [4.78, 5) is 0. The first-order valence-corrected chi connectivity index (χ1v) is 6.36. The molecule has 14 heavy (non-hydrogen) atoms. The summed E-state index contributed by atoms with van der Waals surface area (Å²) >= 11 is 0. The molecule has 2 aliphatic rings. The predicted octanol–water partition coefficient (Wildman–Crippen LogP) is 2.25. The molecule has 0 amide bonds. The monoisotopic (exact) mass is 196 g/mol. The van der Waals surface area contributed by atoms with Crippen LogP contribution in [0.15, 0.2) is 0 Å². The second-order valence-electron chi connectivity index (χ2n) is 5.00. The number of nitrogens with one attached hydrogen (secondary N) is 2. The zero-order valence-electron chi connectivity index (χ0n) is 9.39. The van der Waals surface area contributed by atoms with E-state index in [0.29, 0.717) is 12.2 Å². The summed E-state index contributed by atoms with van der Waals surface area (Å²) < 4.78 is 0. The van der Waals surface area contributed by atoms with Crippen LogP contribution in [0.2, 0.25) is 0 Å². The van der Waals surface area contributed by atoms with E-state index in [9.17, 15) is 0 Å². The normalized spacial score (nSPS) is 31.9. The maximum absolute atomic E-state index is 3.74. The van der Waals surface area contributed by atoms with Crippen LogP contribution in [-0.2, 0) is 0 Å². The van der Waals surface area contributed by atoms with Crippen molar-refractivity contribution in [1.29, 1.82) is 0 Å². The summed E-state index contributed by atoms with van der Waals surface area (Å²) in [6.07, 6.45) is 10.5. The Bertz CT molecular complexity index is 158. The first kappa shape index (κ1) is 10.4. The third kappa shape index (κ3) is 2.71. The van der Waals surface area contributed by atoms with Crippen LogP contribution in [0.5, 0.6) is 0 Å². The maximum atomic E-state index is 3.74. The van der Waals surface area contributed by atoms with Gasteiger partial charge in [-0.1, -0.05) is 19.3 Å². The third-order valence-corrected chi connectivity index (χ3v) is 3.88. The Labute approximate surface area is 87.8 Å². The van der Waals surface area contributed by atoms with Crippen molar-refractivity contribution in [3.63, 3.8) is 0 Å². The number of hydrogen-bond donors (Lipinski definition) is 2. The minimum atomic E-state index is 0.604. The summed E-state index contributed by atoms with van der Waals surface area (Å²) in [5, 5.41) is 7.25. The molecule has 1 saturated carbocycles. The Morgan fingerprint density at radius 3 is 2.50 bits per heavy atom. The van der Waals surface area contributed by atoms with Crippen molar-refractivity contribution < 1.29 is 0 Å². The zero-order chi connectivity index (χ0) is 9.80. The van der Waals surface area contributed by atoms with Crippen LogP contribution in [0.4, 0.5) is 0 Å². The molecule has 0 aromatic carbocycles. The molecular weight excluding hydrogens is 172 g/mol. The second kappa shape index (κ2) is 5.13. The molecule has 1 aliphatic heterocycles. The van der Waals surface area contributed by atoms with Gasteiger partial charge in [0.2, 0.25) is 0 Å². The molecule has 1 heterocycles. The highest BCUT2D eigenvalue weighted by Crippen LogP contribution is 2.26. The largest absolute Gasteiger partial charge is 0.302 e. The van der Waals surface area contributed by atoms with E-state index in [1.54, 1.807) is 0 Å². The first-order chi connectivity index (χ1) is 6.86. The number of rotatable bonds is 3. The van der Waals surface area contributed by atoms with Crippen molar-refractivity contribution in [3.8, 4) is 0 Å². The standard InChI is InChI=1S/C12H24N2/c1-10(11-6-3-2-4-7-11)14-12-8-5-9-13-12/h10-14H,2-9H2,1H3. The molecule has 2 atom stereocenters. The lowest BCUT2D eigenvalue weighted by molar-refractivity contribution is 0.258. The van der Waals surface area contributed by atoms with E-state index in [4.69, 9.17) is 0 Å². The minimum absolute atomic E-state index is 0.604. The lowest BCUT2D eigenvalue weighted by atomic mass is 9.84. The van der Waals surface area contributed by atoms with E-state index in [-0.39, 0.29) is 0 Å². The lowest BCUT2D eigenvalue weighted by Gasteiger charge is -2.30. The molecule has 0 radical (unpaired) electrons. The van der Waals surface area contributed by atoms with E-state index >= 15 is 0 Å². The highest BCUT2D eigenvalue weighted by molar-refractivity contribution is 4.81. The highest BCUT2D eigenvalue weighted by Gasteiger charge is 2.23. The summed E-state index contributed by atoms with van der Waals surface area (Å²) in [6.45, 7) is 3.57. The molecular formula is C12H24N2. The molecule has 0 bridgehead atoms. The van der Waals surface area contributed by atoms with Crippen molar-refractivity contribution in [3.05, 3.63) is 0 Å². The molecule has 82 valence electrons. The van der Waals surface area contributed by atoms with Gasteiger partial charge in [0.05, 0.1) is 6.17 Å². The Balaban J connectivity index is 1.72. The van der Waals surface area contributed by atoms with Crippen LogP contribution < -0.4 is 10.6 Å². The molecule has 2 fully saturated rings. The summed E-state index contributed by atoms with van der Waals surface area (Å²) in [5.41, 5.74) is 0. The molecule has 1 aliphatic carbocycles. The van der Waals surface area contributed by atoms with Gasteiger partial charge in [-0.3, -0.25) is 5.32 Å². The molecule has 2 rings (SSSR count). The molecule has 2 nitrogen and oxygen atoms in total. The average Bonchev–Trinajstić information content (AvgIpc) is 2.72. The van der Waals surface area contributed by atoms with Crippen LogP contribution in [0.3, 0.4) is 0 Å². The van der Waals surface area contributed by atoms with Crippen molar-refractivity contribution in [2.45, 2.75) is 64.1 Å². The van der Waals surface area contributed by atoms with Gasteiger partial charge in [-0.2, -0.15) is 0 Å². The molecule has 0 aromatic rings. The molecule has 0 spiro atoms. The lowest BCUT2D eigenvalue weighted by Crippen LogP contribution is -2.46. The smallest absolute Gasteiger partial charge is 0.0574 e. The van der Waals surface area contributed by atoms with Crippen LogP contribution in [0.1, 0.15) is 51.9 Å². The molecule has 2 N–H and O–H groups in total. The number of hydrogen-bond acceptors (Lipinski definition) is 2. The van der Waals surface area contributed by atoms with Gasteiger partial charge < -0.3 is 5.32 Å². The van der Waals surface area contributed by atoms with Gasteiger partial charge in [-0.25, -0.2) is 0 Å². The van der Waals surface area contributed by atoms with Gasteiger partial charge >= 0.3 is 0 Å². The van der Waals surface area contributed by atoms with E-state index < -0.39 is 0 Å². The first-order valence-electron chi connectivity index (χ1n) is 6.36. The second-order valence-corrected chi connectivity index (χ2v) is 5.00. The molecule has 1 saturated heterocycles. The molecule has 0 aromatic heterocycles. The van der Waals surface area contributed by atoms with Gasteiger partial charge in [0.25, 0.3) is 0 Å². The Morgan fingerprint density at radius 2 is 1.86 bits per heavy atom. The fraction of sp³-hybridized carbons (Fsp3) is 1.00. The summed E-state index contributed by atoms with van der Waals surface area (Å²) in [7, 11) is 0.